The van der Waals surface area contributed by atoms with Gasteiger partial charge in [-0.2, -0.15) is 0 Å². The number of ether oxygens (including phenoxy) is 3. The molecule has 0 aliphatic rings. The molecule has 0 spiro atoms. The summed E-state index contributed by atoms with van der Waals surface area (Å²) in [5, 5.41) is 6.15. The molecule has 0 atom stereocenters. The summed E-state index contributed by atoms with van der Waals surface area (Å²) in [6.45, 7) is 2.21. The molecule has 2 N–H and O–H groups in total. The SMILES string of the molecule is CCOc1ccc(NC(=O)c2oc3ccccc3c2NC(=O)COc2ccc(OC)cc2)cc1. The topological polar surface area (TPSA) is 99.0 Å². The standard InChI is InChI=1S/C26H24N2O6/c1-3-32-19-10-8-17(9-11-19)27-26(30)25-24(21-6-4-5-7-22(21)34-25)28-23(29)16-33-20-14-12-18(31-2)13-15-20/h4-15H,3,16H2,1-2H3,(H,27,30)(H,28,29). The second-order valence-electron chi connectivity index (χ2n) is 7.23. The van der Waals surface area contributed by atoms with Crippen molar-refractivity contribution in [3.63, 3.8) is 0 Å². The molecular weight excluding hydrogens is 436 g/mol. The summed E-state index contributed by atoms with van der Waals surface area (Å²) in [6, 6.07) is 20.9. The Balaban J connectivity index is 1.49. The first kappa shape index (κ1) is 22.7. The van der Waals surface area contributed by atoms with Gasteiger partial charge >= 0.3 is 0 Å². The number of hydrogen-bond donors (Lipinski definition) is 2. The van der Waals surface area contributed by atoms with E-state index in [-0.39, 0.29) is 18.1 Å². The van der Waals surface area contributed by atoms with Gasteiger partial charge in [0, 0.05) is 11.1 Å². The van der Waals surface area contributed by atoms with Gasteiger partial charge in [-0.25, -0.2) is 0 Å². The van der Waals surface area contributed by atoms with Gasteiger partial charge < -0.3 is 29.3 Å². The fourth-order valence-corrected chi connectivity index (χ4v) is 3.31. The van der Waals surface area contributed by atoms with Crippen LogP contribution in [0.3, 0.4) is 0 Å². The van der Waals surface area contributed by atoms with Gasteiger partial charge in [0.05, 0.1) is 13.7 Å². The van der Waals surface area contributed by atoms with Crippen molar-refractivity contribution in [2.24, 2.45) is 0 Å². The first-order chi connectivity index (χ1) is 16.6. The average Bonchev–Trinajstić information content (AvgIpc) is 3.23. The van der Waals surface area contributed by atoms with Crippen LogP contribution in [0.1, 0.15) is 17.5 Å². The van der Waals surface area contributed by atoms with Crippen LogP contribution in [-0.4, -0.2) is 32.1 Å². The van der Waals surface area contributed by atoms with E-state index in [1.165, 1.54) is 0 Å². The van der Waals surface area contributed by atoms with E-state index in [2.05, 4.69) is 10.6 Å². The Kier molecular flexibility index (Phi) is 6.98. The predicted molar refractivity (Wildman–Crippen MR) is 129 cm³/mol. The zero-order valence-corrected chi connectivity index (χ0v) is 18.8. The Morgan fingerprint density at radius 3 is 2.18 bits per heavy atom. The lowest BCUT2D eigenvalue weighted by atomic mass is 10.2. The molecule has 0 radical (unpaired) electrons. The number of methoxy groups -OCH3 is 1. The fourth-order valence-electron chi connectivity index (χ4n) is 3.31. The second-order valence-corrected chi connectivity index (χ2v) is 7.23. The number of benzene rings is 3. The summed E-state index contributed by atoms with van der Waals surface area (Å²) in [5.74, 6) is 0.970. The summed E-state index contributed by atoms with van der Waals surface area (Å²) in [4.78, 5) is 25.6. The number of carbonyl (C=O) groups excluding carboxylic acids is 2. The van der Waals surface area contributed by atoms with Gasteiger partial charge in [-0.05, 0) is 67.6 Å². The Morgan fingerprint density at radius 2 is 1.47 bits per heavy atom. The maximum atomic E-state index is 13.0. The molecule has 8 heteroatoms. The number of furan rings is 1. The van der Waals surface area contributed by atoms with Crippen molar-refractivity contribution in [1.82, 2.24) is 0 Å². The summed E-state index contributed by atoms with van der Waals surface area (Å²) in [6.07, 6.45) is 0. The van der Waals surface area contributed by atoms with Gasteiger partial charge in [-0.1, -0.05) is 12.1 Å². The van der Waals surface area contributed by atoms with Crippen LogP contribution >= 0.6 is 0 Å². The first-order valence-electron chi connectivity index (χ1n) is 10.7. The maximum absolute atomic E-state index is 13.0. The van der Waals surface area contributed by atoms with E-state index in [1.807, 2.05) is 6.92 Å². The van der Waals surface area contributed by atoms with Gasteiger partial charge in [0.25, 0.3) is 11.8 Å². The van der Waals surface area contributed by atoms with E-state index in [0.29, 0.717) is 40.5 Å². The minimum atomic E-state index is -0.494. The van der Waals surface area contributed by atoms with Crippen LogP contribution in [-0.2, 0) is 4.79 Å². The van der Waals surface area contributed by atoms with Gasteiger partial charge in [0.1, 0.15) is 28.5 Å². The molecule has 4 rings (SSSR count). The maximum Gasteiger partial charge on any atom is 0.293 e. The van der Waals surface area contributed by atoms with Crippen LogP contribution in [0.4, 0.5) is 11.4 Å². The molecule has 1 aromatic heterocycles. The molecule has 3 aromatic carbocycles. The van der Waals surface area contributed by atoms with Crippen LogP contribution < -0.4 is 24.8 Å². The Morgan fingerprint density at radius 1 is 0.824 bits per heavy atom. The van der Waals surface area contributed by atoms with Gasteiger partial charge in [-0.15, -0.1) is 0 Å². The fraction of sp³-hybridized carbons (Fsp3) is 0.154. The van der Waals surface area contributed by atoms with E-state index in [1.54, 1.807) is 79.9 Å². The Hall–Kier alpha value is -4.46. The first-order valence-corrected chi connectivity index (χ1v) is 10.7. The molecule has 0 unspecified atom stereocenters. The van der Waals surface area contributed by atoms with Crippen molar-refractivity contribution in [2.45, 2.75) is 6.92 Å². The molecule has 0 bridgehead atoms. The van der Waals surface area contributed by atoms with Gasteiger partial charge in [-0.3, -0.25) is 9.59 Å². The van der Waals surface area contributed by atoms with Crippen LogP contribution in [0.5, 0.6) is 17.2 Å². The third-order valence-electron chi connectivity index (χ3n) is 4.92. The van der Waals surface area contributed by atoms with Crippen molar-refractivity contribution < 1.29 is 28.2 Å². The lowest BCUT2D eigenvalue weighted by molar-refractivity contribution is -0.118. The van der Waals surface area contributed by atoms with Crippen LogP contribution in [0.2, 0.25) is 0 Å². The highest BCUT2D eigenvalue weighted by molar-refractivity contribution is 6.14. The number of amides is 2. The Bertz CT molecular complexity index is 1280. The molecule has 8 nitrogen and oxygen atoms in total. The van der Waals surface area contributed by atoms with Crippen molar-refractivity contribution in [1.29, 1.82) is 0 Å². The summed E-state index contributed by atoms with van der Waals surface area (Å²) in [7, 11) is 1.57. The van der Waals surface area contributed by atoms with Crippen molar-refractivity contribution in [3.8, 4) is 17.2 Å². The van der Waals surface area contributed by atoms with Gasteiger partial charge in [0.15, 0.2) is 6.61 Å². The zero-order valence-electron chi connectivity index (χ0n) is 18.8. The zero-order chi connectivity index (χ0) is 23.9. The van der Waals surface area contributed by atoms with Crippen LogP contribution in [0.25, 0.3) is 11.0 Å². The average molecular weight is 460 g/mol. The van der Waals surface area contributed by atoms with E-state index in [9.17, 15) is 9.59 Å². The monoisotopic (exact) mass is 460 g/mol. The van der Waals surface area contributed by atoms with Crippen LogP contribution in [0.15, 0.2) is 77.2 Å². The predicted octanol–water partition coefficient (Wildman–Crippen LogP) is 5.11. The van der Waals surface area contributed by atoms with Gasteiger partial charge in [0.2, 0.25) is 5.76 Å². The molecule has 2 amide bonds. The molecule has 34 heavy (non-hydrogen) atoms. The van der Waals surface area contributed by atoms with Crippen molar-refractivity contribution in [2.75, 3.05) is 31.0 Å². The Labute approximate surface area is 196 Å². The highest BCUT2D eigenvalue weighted by atomic mass is 16.5. The normalized spacial score (nSPS) is 10.5. The largest absolute Gasteiger partial charge is 0.497 e. The summed E-state index contributed by atoms with van der Waals surface area (Å²) in [5.41, 5.74) is 1.32. The molecule has 0 aliphatic heterocycles. The van der Waals surface area contributed by atoms with Crippen molar-refractivity contribution in [3.05, 3.63) is 78.6 Å². The third kappa shape index (κ3) is 5.29. The number of nitrogens with one attached hydrogen (secondary N) is 2. The lowest BCUT2D eigenvalue weighted by Crippen LogP contribution is -2.22. The third-order valence-corrected chi connectivity index (χ3v) is 4.92. The lowest BCUT2D eigenvalue weighted by Gasteiger charge is -2.09. The highest BCUT2D eigenvalue weighted by Crippen LogP contribution is 2.31. The summed E-state index contributed by atoms with van der Waals surface area (Å²) >= 11 is 0. The number of anilines is 2. The van der Waals surface area contributed by atoms with E-state index in [4.69, 9.17) is 18.6 Å². The number of rotatable bonds is 9. The minimum absolute atomic E-state index is 0.00659. The number of fused-ring (bicyclic) bond motifs is 1. The second kappa shape index (κ2) is 10.4. The quantitative estimate of drug-likeness (QED) is 0.360. The minimum Gasteiger partial charge on any atom is -0.497 e. The van der Waals surface area contributed by atoms with Crippen LogP contribution in [0, 0.1) is 0 Å². The molecule has 0 saturated carbocycles. The summed E-state index contributed by atoms with van der Waals surface area (Å²) < 4.78 is 21.9. The molecule has 0 aliphatic carbocycles. The van der Waals surface area contributed by atoms with Crippen molar-refractivity contribution >= 4 is 34.2 Å². The molecule has 174 valence electrons. The molecule has 1 heterocycles. The van der Waals surface area contributed by atoms with E-state index < -0.39 is 11.8 Å². The number of para-hydroxylation sites is 1. The number of carbonyl (C=O) groups is 2. The van der Waals surface area contributed by atoms with E-state index in [0.717, 1.165) is 0 Å². The number of hydrogen-bond acceptors (Lipinski definition) is 6. The van der Waals surface area contributed by atoms with E-state index >= 15 is 0 Å². The highest BCUT2D eigenvalue weighted by Gasteiger charge is 2.22. The molecule has 0 saturated heterocycles. The smallest absolute Gasteiger partial charge is 0.293 e. The molecule has 0 fully saturated rings. The molecule has 4 aromatic rings. The molecular formula is C26H24N2O6.